The number of rotatable bonds is 14. The van der Waals surface area contributed by atoms with Crippen LogP contribution >= 0.6 is 15.9 Å². The Hall–Kier alpha value is -3.39. The van der Waals surface area contributed by atoms with Crippen LogP contribution in [0.25, 0.3) is 0 Å². The van der Waals surface area contributed by atoms with Crippen LogP contribution in [0, 0.1) is 0 Å². The lowest BCUT2D eigenvalue weighted by Crippen LogP contribution is -2.17. The van der Waals surface area contributed by atoms with Gasteiger partial charge in [0, 0.05) is 28.0 Å². The van der Waals surface area contributed by atoms with E-state index in [1.165, 1.54) is 19.3 Å². The van der Waals surface area contributed by atoms with E-state index >= 15 is 0 Å². The molecule has 3 rings (SSSR count). The quantitative estimate of drug-likeness (QED) is 0.154. The van der Waals surface area contributed by atoms with Crippen molar-refractivity contribution in [1.82, 2.24) is 10.4 Å². The fourth-order valence-corrected chi connectivity index (χ4v) is 3.52. The first-order chi connectivity index (χ1) is 17.2. The number of unbranched alkanes of at least 4 members (excludes halogenated alkanes) is 3. The van der Waals surface area contributed by atoms with Gasteiger partial charge < -0.3 is 14.2 Å². The molecule has 3 aromatic rings. The van der Waals surface area contributed by atoms with E-state index in [1.807, 2.05) is 42.5 Å². The third kappa shape index (κ3) is 9.41. The molecule has 35 heavy (non-hydrogen) atoms. The highest BCUT2D eigenvalue weighted by molar-refractivity contribution is 9.10. The average molecular weight is 540 g/mol. The summed E-state index contributed by atoms with van der Waals surface area (Å²) >= 11 is 3.45. The molecule has 8 heteroatoms. The summed E-state index contributed by atoms with van der Waals surface area (Å²) in [5, 5.41) is 4.05. The molecule has 0 spiro atoms. The van der Waals surface area contributed by atoms with E-state index in [9.17, 15) is 4.79 Å². The van der Waals surface area contributed by atoms with Gasteiger partial charge in [-0.1, -0.05) is 42.1 Å². The first-order valence-corrected chi connectivity index (χ1v) is 12.5. The topological polar surface area (TPSA) is 82.0 Å². The maximum Gasteiger partial charge on any atom is 0.271 e. The average Bonchev–Trinajstić information content (AvgIpc) is 2.88. The minimum absolute atomic E-state index is 0.317. The van der Waals surface area contributed by atoms with Crippen LogP contribution in [-0.2, 0) is 0 Å². The van der Waals surface area contributed by atoms with Crippen molar-refractivity contribution in [2.75, 3.05) is 19.8 Å². The van der Waals surface area contributed by atoms with Gasteiger partial charge in [-0.3, -0.25) is 9.78 Å². The first-order valence-electron chi connectivity index (χ1n) is 11.7. The van der Waals surface area contributed by atoms with E-state index in [0.717, 1.165) is 34.6 Å². The Bertz CT molecular complexity index is 1080. The molecular formula is C27H30BrN3O4. The molecule has 0 aliphatic rings. The molecule has 0 atom stereocenters. The first kappa shape index (κ1) is 26.2. The predicted molar refractivity (Wildman–Crippen MR) is 141 cm³/mol. The summed E-state index contributed by atoms with van der Waals surface area (Å²) < 4.78 is 18.3. The summed E-state index contributed by atoms with van der Waals surface area (Å²) in [5.74, 6) is 1.91. The standard InChI is InChI=1S/C27H30BrN3O4/c1-2-3-4-5-16-33-24-7-9-25(10-8-24)34-17-18-35-26-11-6-23(28)19-22(26)20-30-31-27(32)21-12-14-29-15-13-21/h6-15,19-20H,2-5,16-18H2,1H3,(H,31,32)/b30-20-. The number of aromatic nitrogens is 1. The molecule has 1 aromatic heterocycles. The van der Waals surface area contributed by atoms with Gasteiger partial charge in [0.05, 0.1) is 12.8 Å². The molecule has 0 fully saturated rings. The van der Waals surface area contributed by atoms with Gasteiger partial charge in [0.2, 0.25) is 0 Å². The fourth-order valence-electron chi connectivity index (χ4n) is 3.14. The van der Waals surface area contributed by atoms with Crippen LogP contribution in [-0.4, -0.2) is 36.9 Å². The Labute approximate surface area is 214 Å². The van der Waals surface area contributed by atoms with Crippen molar-refractivity contribution in [1.29, 1.82) is 0 Å². The van der Waals surface area contributed by atoms with E-state index in [1.54, 1.807) is 30.7 Å². The summed E-state index contributed by atoms with van der Waals surface area (Å²) in [5.41, 5.74) is 3.70. The monoisotopic (exact) mass is 539 g/mol. The van der Waals surface area contributed by atoms with Gasteiger partial charge in [-0.2, -0.15) is 5.10 Å². The lowest BCUT2D eigenvalue weighted by Gasteiger charge is -2.11. The second-order valence-electron chi connectivity index (χ2n) is 7.69. The number of ether oxygens (including phenoxy) is 3. The highest BCUT2D eigenvalue weighted by atomic mass is 79.9. The van der Waals surface area contributed by atoms with Crippen molar-refractivity contribution in [3.05, 3.63) is 82.6 Å². The Morgan fingerprint density at radius 3 is 2.31 bits per heavy atom. The number of hydrogen-bond acceptors (Lipinski definition) is 6. The van der Waals surface area contributed by atoms with E-state index < -0.39 is 0 Å². The minimum atomic E-state index is -0.317. The molecule has 1 amide bonds. The van der Waals surface area contributed by atoms with E-state index in [2.05, 4.69) is 38.4 Å². The summed E-state index contributed by atoms with van der Waals surface area (Å²) in [6, 6.07) is 16.4. The van der Waals surface area contributed by atoms with Gasteiger partial charge in [-0.25, -0.2) is 5.43 Å². The maximum atomic E-state index is 12.1. The van der Waals surface area contributed by atoms with Crippen LogP contribution in [0.15, 0.2) is 76.6 Å². The Morgan fingerprint density at radius 2 is 1.60 bits per heavy atom. The second kappa shape index (κ2) is 14.8. The van der Waals surface area contributed by atoms with Crippen LogP contribution < -0.4 is 19.6 Å². The maximum absolute atomic E-state index is 12.1. The zero-order chi connectivity index (χ0) is 24.7. The van der Waals surface area contributed by atoms with Crippen molar-refractivity contribution >= 4 is 28.1 Å². The largest absolute Gasteiger partial charge is 0.494 e. The van der Waals surface area contributed by atoms with Crippen LogP contribution in [0.2, 0.25) is 0 Å². The summed E-state index contributed by atoms with van der Waals surface area (Å²) in [7, 11) is 0. The van der Waals surface area contributed by atoms with E-state index in [4.69, 9.17) is 14.2 Å². The summed E-state index contributed by atoms with van der Waals surface area (Å²) in [4.78, 5) is 16.0. The Kier molecular flexibility index (Phi) is 11.1. The van der Waals surface area contributed by atoms with Gasteiger partial charge in [0.25, 0.3) is 5.91 Å². The summed E-state index contributed by atoms with van der Waals surface area (Å²) in [6.45, 7) is 3.66. The van der Waals surface area contributed by atoms with Gasteiger partial charge in [0.15, 0.2) is 0 Å². The number of carbonyl (C=O) groups is 1. The van der Waals surface area contributed by atoms with Crippen LogP contribution in [0.3, 0.4) is 0 Å². The number of halogens is 1. The van der Waals surface area contributed by atoms with Crippen LogP contribution in [0.5, 0.6) is 17.2 Å². The van der Waals surface area contributed by atoms with Gasteiger partial charge >= 0.3 is 0 Å². The molecule has 184 valence electrons. The van der Waals surface area contributed by atoms with Crippen molar-refractivity contribution in [2.45, 2.75) is 32.6 Å². The molecule has 0 bridgehead atoms. The Balaban J connectivity index is 1.44. The lowest BCUT2D eigenvalue weighted by atomic mass is 10.2. The number of carbonyl (C=O) groups excluding carboxylic acids is 1. The minimum Gasteiger partial charge on any atom is -0.494 e. The SMILES string of the molecule is CCCCCCOc1ccc(OCCOc2ccc(Br)cc2/C=N\NC(=O)c2ccncc2)cc1. The van der Waals surface area contributed by atoms with Gasteiger partial charge in [0.1, 0.15) is 30.5 Å². The summed E-state index contributed by atoms with van der Waals surface area (Å²) in [6.07, 6.45) is 9.39. The van der Waals surface area contributed by atoms with Crippen molar-refractivity contribution in [3.8, 4) is 17.2 Å². The van der Waals surface area contributed by atoms with Gasteiger partial charge in [-0.15, -0.1) is 0 Å². The van der Waals surface area contributed by atoms with Crippen molar-refractivity contribution < 1.29 is 19.0 Å². The van der Waals surface area contributed by atoms with E-state index in [-0.39, 0.29) is 5.91 Å². The predicted octanol–water partition coefficient (Wildman–Crippen LogP) is 6.02. The third-order valence-corrected chi connectivity index (χ3v) is 5.48. The smallest absolute Gasteiger partial charge is 0.271 e. The Morgan fingerprint density at radius 1 is 0.914 bits per heavy atom. The molecule has 0 aliphatic heterocycles. The number of amides is 1. The molecule has 1 heterocycles. The van der Waals surface area contributed by atoms with Crippen LogP contribution in [0.1, 0.15) is 48.5 Å². The number of nitrogens with zero attached hydrogens (tertiary/aromatic N) is 2. The zero-order valence-electron chi connectivity index (χ0n) is 19.8. The lowest BCUT2D eigenvalue weighted by molar-refractivity contribution is 0.0955. The molecule has 0 unspecified atom stereocenters. The van der Waals surface area contributed by atoms with Crippen LogP contribution in [0.4, 0.5) is 0 Å². The zero-order valence-corrected chi connectivity index (χ0v) is 21.4. The highest BCUT2D eigenvalue weighted by Gasteiger charge is 2.06. The molecule has 0 saturated heterocycles. The molecule has 0 radical (unpaired) electrons. The van der Waals surface area contributed by atoms with Crippen molar-refractivity contribution in [3.63, 3.8) is 0 Å². The normalized spacial score (nSPS) is 10.8. The molecule has 1 N–H and O–H groups in total. The molecule has 0 saturated carbocycles. The highest BCUT2D eigenvalue weighted by Crippen LogP contribution is 2.22. The number of benzene rings is 2. The molecule has 0 aliphatic carbocycles. The molecule has 2 aromatic carbocycles. The number of nitrogens with one attached hydrogen (secondary N) is 1. The van der Waals surface area contributed by atoms with Gasteiger partial charge in [-0.05, 0) is 61.0 Å². The van der Waals surface area contributed by atoms with Crippen molar-refractivity contribution in [2.24, 2.45) is 5.10 Å². The molecular weight excluding hydrogens is 510 g/mol. The van der Waals surface area contributed by atoms with E-state index in [0.29, 0.717) is 24.5 Å². The molecule has 7 nitrogen and oxygen atoms in total. The number of hydrazone groups is 1. The third-order valence-electron chi connectivity index (χ3n) is 4.98. The number of hydrogen-bond donors (Lipinski definition) is 1. The number of pyridine rings is 1. The fraction of sp³-hybridized carbons (Fsp3) is 0.296. The second-order valence-corrected chi connectivity index (χ2v) is 8.61.